The van der Waals surface area contributed by atoms with Crippen molar-refractivity contribution in [2.24, 2.45) is 12.0 Å². The van der Waals surface area contributed by atoms with E-state index in [1.54, 1.807) is 0 Å². The first kappa shape index (κ1) is 16.8. The third kappa shape index (κ3) is 5.28. The molecule has 0 unspecified atom stereocenters. The van der Waals surface area contributed by atoms with Crippen LogP contribution in [0.25, 0.3) is 0 Å². The zero-order chi connectivity index (χ0) is 16.5. The molecule has 1 aromatic carbocycles. The van der Waals surface area contributed by atoms with Crippen LogP contribution in [0, 0.1) is 6.92 Å². The number of aryl methyl sites for hydroxylation is 1. The SMILES string of the molecule is CCNC(=NCc1nnc(C)n1C)NCCOc1ccccc1. The quantitative estimate of drug-likeness (QED) is 0.457. The van der Waals surface area contributed by atoms with Crippen molar-refractivity contribution in [1.29, 1.82) is 0 Å². The number of nitrogens with one attached hydrogen (secondary N) is 2. The average molecular weight is 316 g/mol. The molecule has 0 spiro atoms. The van der Waals surface area contributed by atoms with Gasteiger partial charge in [-0.25, -0.2) is 4.99 Å². The minimum atomic E-state index is 0.478. The summed E-state index contributed by atoms with van der Waals surface area (Å²) in [6, 6.07) is 9.76. The normalized spacial score (nSPS) is 11.3. The summed E-state index contributed by atoms with van der Waals surface area (Å²) >= 11 is 0. The lowest BCUT2D eigenvalue weighted by atomic mass is 10.3. The van der Waals surface area contributed by atoms with Crippen molar-refractivity contribution < 1.29 is 4.74 Å². The molecule has 2 rings (SSSR count). The Morgan fingerprint density at radius 2 is 2.00 bits per heavy atom. The van der Waals surface area contributed by atoms with Crippen LogP contribution in [-0.2, 0) is 13.6 Å². The van der Waals surface area contributed by atoms with Gasteiger partial charge < -0.3 is 19.9 Å². The topological polar surface area (TPSA) is 76.4 Å². The Labute approximate surface area is 136 Å². The zero-order valence-electron chi connectivity index (χ0n) is 13.9. The monoisotopic (exact) mass is 316 g/mol. The summed E-state index contributed by atoms with van der Waals surface area (Å²) in [7, 11) is 1.94. The highest BCUT2D eigenvalue weighted by Gasteiger charge is 2.04. The molecule has 2 N–H and O–H groups in total. The third-order valence-corrected chi connectivity index (χ3v) is 3.31. The molecule has 0 amide bonds. The van der Waals surface area contributed by atoms with E-state index in [0.29, 0.717) is 19.7 Å². The van der Waals surface area contributed by atoms with Gasteiger partial charge in [0, 0.05) is 13.6 Å². The van der Waals surface area contributed by atoms with Crippen LogP contribution in [-0.4, -0.2) is 40.4 Å². The second-order valence-electron chi connectivity index (χ2n) is 5.01. The van der Waals surface area contributed by atoms with E-state index >= 15 is 0 Å². The van der Waals surface area contributed by atoms with Gasteiger partial charge in [-0.05, 0) is 26.0 Å². The Kier molecular flexibility index (Phi) is 6.40. The van der Waals surface area contributed by atoms with Crippen LogP contribution in [0.15, 0.2) is 35.3 Å². The fourth-order valence-electron chi connectivity index (χ4n) is 1.94. The smallest absolute Gasteiger partial charge is 0.191 e. The molecule has 0 fully saturated rings. The number of hydrogen-bond donors (Lipinski definition) is 2. The molecule has 0 atom stereocenters. The summed E-state index contributed by atoms with van der Waals surface area (Å²) in [6.45, 7) is 6.46. The lowest BCUT2D eigenvalue weighted by Crippen LogP contribution is -2.39. The molecule has 0 aliphatic rings. The molecule has 1 heterocycles. The van der Waals surface area contributed by atoms with Crippen LogP contribution in [0.3, 0.4) is 0 Å². The van der Waals surface area contributed by atoms with Crippen LogP contribution in [0.2, 0.25) is 0 Å². The summed E-state index contributed by atoms with van der Waals surface area (Å²) in [5, 5.41) is 14.6. The largest absolute Gasteiger partial charge is 0.492 e. The van der Waals surface area contributed by atoms with Gasteiger partial charge in [0.15, 0.2) is 11.8 Å². The maximum absolute atomic E-state index is 5.65. The molecule has 124 valence electrons. The van der Waals surface area contributed by atoms with Crippen LogP contribution in [0.4, 0.5) is 0 Å². The van der Waals surface area contributed by atoms with E-state index in [9.17, 15) is 0 Å². The van der Waals surface area contributed by atoms with Crippen molar-refractivity contribution in [3.05, 3.63) is 42.0 Å². The van der Waals surface area contributed by atoms with Crippen molar-refractivity contribution in [2.45, 2.75) is 20.4 Å². The van der Waals surface area contributed by atoms with Crippen molar-refractivity contribution in [3.63, 3.8) is 0 Å². The van der Waals surface area contributed by atoms with Gasteiger partial charge in [0.2, 0.25) is 0 Å². The molecular weight excluding hydrogens is 292 g/mol. The predicted octanol–water partition coefficient (Wildman–Crippen LogP) is 1.26. The molecule has 0 radical (unpaired) electrons. The Bertz CT molecular complexity index is 623. The molecular formula is C16H24N6O. The zero-order valence-corrected chi connectivity index (χ0v) is 13.9. The van der Waals surface area contributed by atoms with Gasteiger partial charge in [0.05, 0.1) is 6.54 Å². The van der Waals surface area contributed by atoms with Crippen LogP contribution < -0.4 is 15.4 Å². The molecule has 0 aliphatic heterocycles. The molecule has 1 aromatic heterocycles. The van der Waals surface area contributed by atoms with Gasteiger partial charge in [-0.2, -0.15) is 0 Å². The number of nitrogens with zero attached hydrogens (tertiary/aromatic N) is 4. The van der Waals surface area contributed by atoms with Crippen molar-refractivity contribution >= 4 is 5.96 Å². The van der Waals surface area contributed by atoms with Crippen molar-refractivity contribution in [1.82, 2.24) is 25.4 Å². The predicted molar refractivity (Wildman–Crippen MR) is 90.5 cm³/mol. The Morgan fingerprint density at radius 3 is 2.65 bits per heavy atom. The first-order chi connectivity index (χ1) is 11.2. The summed E-state index contributed by atoms with van der Waals surface area (Å²) in [6.07, 6.45) is 0. The minimum absolute atomic E-state index is 0.478. The van der Waals surface area contributed by atoms with Gasteiger partial charge in [-0.1, -0.05) is 18.2 Å². The van der Waals surface area contributed by atoms with Gasteiger partial charge in [-0.15, -0.1) is 10.2 Å². The highest BCUT2D eigenvalue weighted by atomic mass is 16.5. The van der Waals surface area contributed by atoms with Crippen LogP contribution in [0.1, 0.15) is 18.6 Å². The van der Waals surface area contributed by atoms with Crippen molar-refractivity contribution in [2.75, 3.05) is 19.7 Å². The van der Waals surface area contributed by atoms with E-state index < -0.39 is 0 Å². The summed E-state index contributed by atoms with van der Waals surface area (Å²) in [5.74, 6) is 3.32. The average Bonchev–Trinajstić information content (AvgIpc) is 2.89. The van der Waals surface area contributed by atoms with E-state index in [0.717, 1.165) is 29.9 Å². The molecule has 2 aromatic rings. The number of aromatic nitrogens is 3. The highest BCUT2D eigenvalue weighted by molar-refractivity contribution is 5.79. The first-order valence-electron chi connectivity index (χ1n) is 7.75. The molecule has 0 saturated heterocycles. The lowest BCUT2D eigenvalue weighted by molar-refractivity contribution is 0.322. The van der Waals surface area contributed by atoms with E-state index in [4.69, 9.17) is 4.74 Å². The number of hydrogen-bond acceptors (Lipinski definition) is 4. The molecule has 0 aliphatic carbocycles. The Morgan fingerprint density at radius 1 is 1.22 bits per heavy atom. The minimum Gasteiger partial charge on any atom is -0.492 e. The van der Waals surface area contributed by atoms with E-state index in [2.05, 4.69) is 25.8 Å². The molecule has 0 bridgehead atoms. The standard InChI is InChI=1S/C16H24N6O/c1-4-17-16(19-12-15-21-20-13(2)22(15)3)18-10-11-23-14-8-6-5-7-9-14/h5-9H,4,10-12H2,1-3H3,(H2,17,18,19). The van der Waals surface area contributed by atoms with Gasteiger partial charge in [-0.3, -0.25) is 0 Å². The van der Waals surface area contributed by atoms with Gasteiger partial charge in [0.1, 0.15) is 24.7 Å². The second-order valence-corrected chi connectivity index (χ2v) is 5.01. The van der Waals surface area contributed by atoms with E-state index in [1.807, 2.05) is 55.8 Å². The lowest BCUT2D eigenvalue weighted by Gasteiger charge is -2.12. The highest BCUT2D eigenvalue weighted by Crippen LogP contribution is 2.07. The summed E-state index contributed by atoms with van der Waals surface area (Å²) < 4.78 is 7.58. The Balaban J connectivity index is 1.81. The van der Waals surface area contributed by atoms with E-state index in [1.165, 1.54) is 0 Å². The molecule has 23 heavy (non-hydrogen) atoms. The summed E-state index contributed by atoms with van der Waals surface area (Å²) in [4.78, 5) is 4.52. The number of ether oxygens (including phenoxy) is 1. The number of aliphatic imine (C=N–C) groups is 1. The molecule has 0 saturated carbocycles. The first-order valence-corrected chi connectivity index (χ1v) is 7.75. The Hall–Kier alpha value is -2.57. The second kappa shape index (κ2) is 8.77. The maximum Gasteiger partial charge on any atom is 0.191 e. The maximum atomic E-state index is 5.65. The van der Waals surface area contributed by atoms with E-state index in [-0.39, 0.29) is 0 Å². The number of guanidine groups is 1. The number of rotatable bonds is 7. The van der Waals surface area contributed by atoms with Crippen LogP contribution >= 0.6 is 0 Å². The summed E-state index contributed by atoms with van der Waals surface area (Å²) in [5.41, 5.74) is 0. The van der Waals surface area contributed by atoms with Gasteiger partial charge >= 0.3 is 0 Å². The third-order valence-electron chi connectivity index (χ3n) is 3.31. The fraction of sp³-hybridized carbons (Fsp3) is 0.438. The van der Waals surface area contributed by atoms with Gasteiger partial charge in [0.25, 0.3) is 0 Å². The fourth-order valence-corrected chi connectivity index (χ4v) is 1.94. The number of benzene rings is 1. The van der Waals surface area contributed by atoms with Crippen LogP contribution in [0.5, 0.6) is 5.75 Å². The molecule has 7 nitrogen and oxygen atoms in total. The molecule has 7 heteroatoms. The van der Waals surface area contributed by atoms with Crippen molar-refractivity contribution in [3.8, 4) is 5.75 Å². The number of para-hydroxylation sites is 1.